The molecular formula is C9H15N3O. The maximum Gasteiger partial charge on any atom is 0.146 e. The molecule has 4 nitrogen and oxygen atoms in total. The molecule has 0 aromatic carbocycles. The third-order valence-corrected chi connectivity index (χ3v) is 1.82. The zero-order valence-corrected chi connectivity index (χ0v) is 7.95. The standard InChI is InChI=1S/C9H15N3O/c1-7(13-2)6-12-8-4-3-5-11-9(8)10/h3-5,7,12H,6H2,1-2H3,(H2,10,11). The fourth-order valence-electron chi connectivity index (χ4n) is 0.904. The van der Waals surface area contributed by atoms with Crippen LogP contribution in [0.25, 0.3) is 0 Å². The summed E-state index contributed by atoms with van der Waals surface area (Å²) in [6, 6.07) is 3.74. The average molecular weight is 181 g/mol. The SMILES string of the molecule is COC(C)CNc1cccnc1N. The highest BCUT2D eigenvalue weighted by Gasteiger charge is 2.01. The molecule has 0 aliphatic heterocycles. The quantitative estimate of drug-likeness (QED) is 0.730. The molecule has 0 spiro atoms. The Labute approximate surface area is 78.1 Å². The minimum atomic E-state index is 0.166. The Bertz CT molecular complexity index is 265. The lowest BCUT2D eigenvalue weighted by molar-refractivity contribution is 0.129. The molecule has 1 heterocycles. The Morgan fingerprint density at radius 3 is 3.08 bits per heavy atom. The van der Waals surface area contributed by atoms with E-state index in [2.05, 4.69) is 10.3 Å². The van der Waals surface area contributed by atoms with Crippen LogP contribution in [0.1, 0.15) is 6.92 Å². The van der Waals surface area contributed by atoms with Gasteiger partial charge in [0.25, 0.3) is 0 Å². The van der Waals surface area contributed by atoms with Crippen molar-refractivity contribution in [3.63, 3.8) is 0 Å². The Morgan fingerprint density at radius 2 is 2.46 bits per heavy atom. The van der Waals surface area contributed by atoms with E-state index in [9.17, 15) is 0 Å². The maximum absolute atomic E-state index is 5.63. The third kappa shape index (κ3) is 2.91. The molecule has 0 saturated carbocycles. The number of rotatable bonds is 4. The van der Waals surface area contributed by atoms with E-state index in [0.717, 1.165) is 12.2 Å². The lowest BCUT2D eigenvalue weighted by atomic mass is 10.3. The molecule has 1 rings (SSSR count). The van der Waals surface area contributed by atoms with Crippen LogP contribution in [0, 0.1) is 0 Å². The van der Waals surface area contributed by atoms with Crippen molar-refractivity contribution in [1.29, 1.82) is 0 Å². The topological polar surface area (TPSA) is 60.2 Å². The highest BCUT2D eigenvalue weighted by atomic mass is 16.5. The summed E-state index contributed by atoms with van der Waals surface area (Å²) in [5, 5.41) is 3.15. The molecule has 0 fully saturated rings. The van der Waals surface area contributed by atoms with Gasteiger partial charge in [0.15, 0.2) is 0 Å². The van der Waals surface area contributed by atoms with Crippen molar-refractivity contribution in [2.45, 2.75) is 13.0 Å². The predicted octanol–water partition coefficient (Wildman–Crippen LogP) is 1.11. The van der Waals surface area contributed by atoms with Gasteiger partial charge in [0.2, 0.25) is 0 Å². The van der Waals surface area contributed by atoms with E-state index < -0.39 is 0 Å². The molecule has 0 saturated heterocycles. The minimum Gasteiger partial charge on any atom is -0.382 e. The molecule has 13 heavy (non-hydrogen) atoms. The second-order valence-corrected chi connectivity index (χ2v) is 2.86. The Hall–Kier alpha value is -1.29. The van der Waals surface area contributed by atoms with Crippen LogP contribution in [0.5, 0.6) is 0 Å². The number of anilines is 2. The second kappa shape index (κ2) is 4.67. The number of nitrogen functional groups attached to an aromatic ring is 1. The summed E-state index contributed by atoms with van der Waals surface area (Å²) >= 11 is 0. The number of hydrogen-bond acceptors (Lipinski definition) is 4. The van der Waals surface area contributed by atoms with Gasteiger partial charge in [0.05, 0.1) is 11.8 Å². The third-order valence-electron chi connectivity index (χ3n) is 1.82. The van der Waals surface area contributed by atoms with Crippen LogP contribution in [-0.2, 0) is 4.74 Å². The van der Waals surface area contributed by atoms with Gasteiger partial charge in [0, 0.05) is 19.9 Å². The van der Waals surface area contributed by atoms with E-state index >= 15 is 0 Å². The van der Waals surface area contributed by atoms with Crippen LogP contribution in [0.2, 0.25) is 0 Å². The van der Waals surface area contributed by atoms with Crippen molar-refractivity contribution < 1.29 is 4.74 Å². The molecule has 4 heteroatoms. The van der Waals surface area contributed by atoms with Crippen molar-refractivity contribution >= 4 is 11.5 Å². The molecule has 1 atom stereocenters. The molecule has 0 bridgehead atoms. The Balaban J connectivity index is 2.50. The number of ether oxygens (including phenoxy) is 1. The van der Waals surface area contributed by atoms with Crippen molar-refractivity contribution in [3.8, 4) is 0 Å². The van der Waals surface area contributed by atoms with E-state index in [1.165, 1.54) is 0 Å². The van der Waals surface area contributed by atoms with Gasteiger partial charge in [-0.1, -0.05) is 0 Å². The first-order chi connectivity index (χ1) is 6.24. The van der Waals surface area contributed by atoms with E-state index in [1.807, 2.05) is 19.1 Å². The molecule has 1 aromatic rings. The second-order valence-electron chi connectivity index (χ2n) is 2.86. The normalized spacial score (nSPS) is 12.5. The zero-order chi connectivity index (χ0) is 9.68. The first kappa shape index (κ1) is 9.80. The van der Waals surface area contributed by atoms with Crippen LogP contribution in [0.3, 0.4) is 0 Å². The van der Waals surface area contributed by atoms with Crippen LogP contribution in [0.4, 0.5) is 11.5 Å². The summed E-state index contributed by atoms with van der Waals surface area (Å²) in [7, 11) is 1.68. The number of nitrogens with one attached hydrogen (secondary N) is 1. The molecule has 0 radical (unpaired) electrons. The maximum atomic E-state index is 5.63. The summed E-state index contributed by atoms with van der Waals surface area (Å²) in [6.07, 6.45) is 1.83. The highest BCUT2D eigenvalue weighted by molar-refractivity contribution is 5.60. The van der Waals surface area contributed by atoms with E-state index in [-0.39, 0.29) is 6.10 Å². The lowest BCUT2D eigenvalue weighted by Crippen LogP contribution is -2.18. The van der Waals surface area contributed by atoms with Gasteiger partial charge in [-0.3, -0.25) is 0 Å². The minimum absolute atomic E-state index is 0.166. The zero-order valence-electron chi connectivity index (χ0n) is 7.95. The Morgan fingerprint density at radius 1 is 1.69 bits per heavy atom. The van der Waals surface area contributed by atoms with Crippen LogP contribution in [0.15, 0.2) is 18.3 Å². The van der Waals surface area contributed by atoms with Gasteiger partial charge < -0.3 is 15.8 Å². The first-order valence-electron chi connectivity index (χ1n) is 4.21. The van der Waals surface area contributed by atoms with Gasteiger partial charge in [-0.2, -0.15) is 0 Å². The van der Waals surface area contributed by atoms with Gasteiger partial charge in [-0.05, 0) is 19.1 Å². The molecule has 0 aliphatic rings. The van der Waals surface area contributed by atoms with Gasteiger partial charge in [-0.15, -0.1) is 0 Å². The average Bonchev–Trinajstić information content (AvgIpc) is 2.16. The van der Waals surface area contributed by atoms with Crippen LogP contribution in [-0.4, -0.2) is 24.7 Å². The number of aromatic nitrogens is 1. The first-order valence-corrected chi connectivity index (χ1v) is 4.21. The molecule has 1 unspecified atom stereocenters. The van der Waals surface area contributed by atoms with Crippen molar-refractivity contribution in [2.24, 2.45) is 0 Å². The monoisotopic (exact) mass is 181 g/mol. The fourth-order valence-corrected chi connectivity index (χ4v) is 0.904. The molecule has 1 aromatic heterocycles. The summed E-state index contributed by atoms with van der Waals surface area (Å²) in [5.41, 5.74) is 6.49. The molecular weight excluding hydrogens is 166 g/mol. The number of pyridine rings is 1. The van der Waals surface area contributed by atoms with Crippen molar-refractivity contribution in [2.75, 3.05) is 24.7 Å². The number of methoxy groups -OCH3 is 1. The number of hydrogen-bond donors (Lipinski definition) is 2. The summed E-state index contributed by atoms with van der Waals surface area (Å²) < 4.78 is 5.09. The predicted molar refractivity (Wildman–Crippen MR) is 53.6 cm³/mol. The largest absolute Gasteiger partial charge is 0.382 e. The number of nitrogens with zero attached hydrogens (tertiary/aromatic N) is 1. The molecule has 3 N–H and O–H groups in total. The lowest BCUT2D eigenvalue weighted by Gasteiger charge is -2.12. The summed E-state index contributed by atoms with van der Waals surface area (Å²) in [5.74, 6) is 0.519. The number of nitrogens with two attached hydrogens (primary N) is 1. The van der Waals surface area contributed by atoms with E-state index in [1.54, 1.807) is 13.3 Å². The Kier molecular flexibility index (Phi) is 3.52. The van der Waals surface area contributed by atoms with Gasteiger partial charge >= 0.3 is 0 Å². The highest BCUT2D eigenvalue weighted by Crippen LogP contribution is 2.13. The molecule has 0 aliphatic carbocycles. The van der Waals surface area contributed by atoms with Gasteiger partial charge in [-0.25, -0.2) is 4.98 Å². The fraction of sp³-hybridized carbons (Fsp3) is 0.444. The smallest absolute Gasteiger partial charge is 0.146 e. The van der Waals surface area contributed by atoms with E-state index in [4.69, 9.17) is 10.5 Å². The summed E-state index contributed by atoms with van der Waals surface area (Å²) in [6.45, 7) is 2.71. The van der Waals surface area contributed by atoms with E-state index in [0.29, 0.717) is 5.82 Å². The summed E-state index contributed by atoms with van der Waals surface area (Å²) in [4.78, 5) is 3.96. The van der Waals surface area contributed by atoms with Crippen LogP contribution >= 0.6 is 0 Å². The van der Waals surface area contributed by atoms with Crippen molar-refractivity contribution in [1.82, 2.24) is 4.98 Å². The van der Waals surface area contributed by atoms with Crippen molar-refractivity contribution in [3.05, 3.63) is 18.3 Å². The van der Waals surface area contributed by atoms with Crippen LogP contribution < -0.4 is 11.1 Å². The molecule has 72 valence electrons. The van der Waals surface area contributed by atoms with Gasteiger partial charge in [0.1, 0.15) is 5.82 Å². The molecule has 0 amide bonds.